The molecule has 8 heteroatoms. The number of ether oxygens (including phenoxy) is 2. The van der Waals surface area contributed by atoms with Crippen LogP contribution < -0.4 is 19.9 Å². The van der Waals surface area contributed by atoms with E-state index in [1.807, 2.05) is 77.2 Å². The summed E-state index contributed by atoms with van der Waals surface area (Å²) in [5, 5.41) is 10.7. The number of hydrogen-bond donors (Lipinski definition) is 1. The molecule has 0 fully saturated rings. The summed E-state index contributed by atoms with van der Waals surface area (Å²) >= 11 is 0. The van der Waals surface area contributed by atoms with Crippen LogP contribution in [0.15, 0.2) is 51.7 Å². The van der Waals surface area contributed by atoms with Crippen molar-refractivity contribution in [3.8, 4) is 33.9 Å². The minimum Gasteiger partial charge on any atom is -0.489 e. The van der Waals surface area contributed by atoms with Crippen LogP contribution in [0.3, 0.4) is 0 Å². The molecule has 2 aromatic carbocycles. The predicted octanol–water partition coefficient (Wildman–Crippen LogP) is 5.41. The fourth-order valence-corrected chi connectivity index (χ4v) is 5.05. The molecule has 3 heterocycles. The van der Waals surface area contributed by atoms with Crippen molar-refractivity contribution in [2.75, 3.05) is 25.1 Å². The molecule has 0 saturated heterocycles. The van der Waals surface area contributed by atoms with E-state index in [0.29, 0.717) is 63.9 Å². The minimum atomic E-state index is -1.03. The van der Waals surface area contributed by atoms with Crippen molar-refractivity contribution in [1.29, 1.82) is 0 Å². The Hall–Kier alpha value is -4.20. The summed E-state index contributed by atoms with van der Waals surface area (Å²) in [4.78, 5) is 27.8. The standard InChI is InChI=1S/C30H32N2O6/c1-17-27(19-14-20-24(36-12-11-31(20)5)16-23(19)38-30(2,3)4)21(15-26(33)34)32(6)29(35)28(17)25-13-18-9-7-8-10-22(18)37-25/h7-10,13-14,16H,11-12,15H2,1-6H3,(H,33,34). The van der Waals surface area contributed by atoms with Crippen LogP contribution in [-0.2, 0) is 18.3 Å². The van der Waals surface area contributed by atoms with Gasteiger partial charge in [-0.3, -0.25) is 9.59 Å². The van der Waals surface area contributed by atoms with Crippen LogP contribution in [0.2, 0.25) is 0 Å². The predicted molar refractivity (Wildman–Crippen MR) is 148 cm³/mol. The smallest absolute Gasteiger partial charge is 0.309 e. The number of carbonyl (C=O) groups is 1. The molecular formula is C30H32N2O6. The van der Waals surface area contributed by atoms with Crippen molar-refractivity contribution in [2.45, 2.75) is 39.7 Å². The lowest BCUT2D eigenvalue weighted by atomic mass is 9.91. The Morgan fingerprint density at radius 3 is 2.53 bits per heavy atom. The number of carboxylic acids is 1. The zero-order valence-electron chi connectivity index (χ0n) is 22.5. The largest absolute Gasteiger partial charge is 0.489 e. The number of likely N-dealkylation sites (N-methyl/N-ethyl adjacent to an activating group) is 1. The summed E-state index contributed by atoms with van der Waals surface area (Å²) in [7, 11) is 3.59. The molecule has 198 valence electrons. The van der Waals surface area contributed by atoms with Gasteiger partial charge in [0.05, 0.1) is 24.2 Å². The third-order valence-corrected chi connectivity index (χ3v) is 6.79. The minimum absolute atomic E-state index is 0.321. The summed E-state index contributed by atoms with van der Waals surface area (Å²) in [6.45, 7) is 8.96. The average molecular weight is 517 g/mol. The Balaban J connectivity index is 1.87. The first kappa shape index (κ1) is 25.4. The number of aromatic nitrogens is 1. The molecular weight excluding hydrogens is 484 g/mol. The van der Waals surface area contributed by atoms with Gasteiger partial charge in [-0.15, -0.1) is 0 Å². The lowest BCUT2D eigenvalue weighted by Crippen LogP contribution is -2.30. The number of pyridine rings is 1. The van der Waals surface area contributed by atoms with Crippen molar-refractivity contribution >= 4 is 22.6 Å². The lowest BCUT2D eigenvalue weighted by Gasteiger charge is -2.31. The van der Waals surface area contributed by atoms with Crippen molar-refractivity contribution in [2.24, 2.45) is 7.05 Å². The van der Waals surface area contributed by atoms with E-state index in [1.165, 1.54) is 4.57 Å². The molecule has 38 heavy (non-hydrogen) atoms. The van der Waals surface area contributed by atoms with Crippen molar-refractivity contribution in [3.05, 3.63) is 64.1 Å². The number of fused-ring (bicyclic) bond motifs is 2. The number of benzene rings is 2. The second kappa shape index (κ2) is 9.28. The number of aliphatic carboxylic acids is 1. The third-order valence-electron chi connectivity index (χ3n) is 6.79. The number of furan rings is 1. The van der Waals surface area contributed by atoms with E-state index < -0.39 is 11.6 Å². The first-order valence-corrected chi connectivity index (χ1v) is 12.6. The van der Waals surface area contributed by atoms with E-state index >= 15 is 0 Å². The van der Waals surface area contributed by atoms with Gasteiger partial charge < -0.3 is 28.5 Å². The van der Waals surface area contributed by atoms with Gasteiger partial charge in [-0.25, -0.2) is 0 Å². The van der Waals surface area contributed by atoms with Crippen LogP contribution in [0.25, 0.3) is 33.4 Å². The monoisotopic (exact) mass is 516 g/mol. The summed E-state index contributed by atoms with van der Waals surface area (Å²) < 4.78 is 19.9. The highest BCUT2D eigenvalue weighted by Gasteiger charge is 2.29. The molecule has 4 aromatic rings. The highest BCUT2D eigenvalue weighted by Crippen LogP contribution is 2.46. The maximum Gasteiger partial charge on any atom is 0.309 e. The second-order valence-electron chi connectivity index (χ2n) is 10.7. The molecule has 2 aromatic heterocycles. The van der Waals surface area contributed by atoms with Crippen molar-refractivity contribution in [3.63, 3.8) is 0 Å². The molecule has 0 spiro atoms. The van der Waals surface area contributed by atoms with Crippen LogP contribution in [-0.4, -0.2) is 41.4 Å². The van der Waals surface area contributed by atoms with Gasteiger partial charge in [-0.05, 0) is 51.5 Å². The highest BCUT2D eigenvalue weighted by atomic mass is 16.5. The van der Waals surface area contributed by atoms with Crippen LogP contribution in [0, 0.1) is 6.92 Å². The van der Waals surface area contributed by atoms with E-state index in [1.54, 1.807) is 7.05 Å². The first-order valence-electron chi connectivity index (χ1n) is 12.6. The lowest BCUT2D eigenvalue weighted by molar-refractivity contribution is -0.136. The molecule has 0 atom stereocenters. The number of carboxylic acid groups (broad SMARTS) is 1. The van der Waals surface area contributed by atoms with Crippen LogP contribution >= 0.6 is 0 Å². The number of para-hydroxylation sites is 1. The SMILES string of the molecule is Cc1c(-c2cc3c(cc2OC(C)(C)C)OCCN3C)c(CC(=O)O)n(C)c(=O)c1-c1cc2ccccc2o1. The molecule has 0 saturated carbocycles. The summed E-state index contributed by atoms with van der Waals surface area (Å²) in [5.41, 5.74) is 3.40. The van der Waals surface area contributed by atoms with Gasteiger partial charge in [-0.1, -0.05) is 18.2 Å². The maximum atomic E-state index is 13.7. The Labute approximate surface area is 221 Å². The van der Waals surface area contributed by atoms with Crippen LogP contribution in [0.4, 0.5) is 5.69 Å². The molecule has 0 unspecified atom stereocenters. The third kappa shape index (κ3) is 4.51. The number of hydrogen-bond acceptors (Lipinski definition) is 6. The maximum absolute atomic E-state index is 13.7. The molecule has 0 bridgehead atoms. The van der Waals surface area contributed by atoms with Gasteiger partial charge in [-0.2, -0.15) is 0 Å². The van der Waals surface area contributed by atoms with Gasteiger partial charge in [0.1, 0.15) is 35.1 Å². The zero-order valence-corrected chi connectivity index (χ0v) is 22.5. The first-order chi connectivity index (χ1) is 17.9. The molecule has 1 aliphatic rings. The van der Waals surface area contributed by atoms with Gasteiger partial charge in [0.2, 0.25) is 0 Å². The molecule has 0 radical (unpaired) electrons. The number of rotatable bonds is 5. The second-order valence-corrected chi connectivity index (χ2v) is 10.7. The fraction of sp³-hybridized carbons (Fsp3) is 0.333. The van der Waals surface area contributed by atoms with Gasteiger partial charge in [0.15, 0.2) is 0 Å². The Morgan fingerprint density at radius 2 is 1.84 bits per heavy atom. The molecule has 1 aliphatic heterocycles. The van der Waals surface area contributed by atoms with E-state index in [-0.39, 0.29) is 12.0 Å². The van der Waals surface area contributed by atoms with E-state index in [9.17, 15) is 14.7 Å². The summed E-state index contributed by atoms with van der Waals surface area (Å²) in [6, 6.07) is 13.3. The van der Waals surface area contributed by atoms with E-state index in [0.717, 1.165) is 11.1 Å². The van der Waals surface area contributed by atoms with Gasteiger partial charge >= 0.3 is 5.97 Å². The average Bonchev–Trinajstić information content (AvgIpc) is 3.25. The molecule has 0 amide bonds. The summed E-state index contributed by atoms with van der Waals surface area (Å²) in [6.07, 6.45) is -0.333. The normalized spacial score (nSPS) is 13.4. The quantitative estimate of drug-likeness (QED) is 0.379. The zero-order chi connectivity index (χ0) is 27.4. The van der Waals surface area contributed by atoms with Crippen LogP contribution in [0.5, 0.6) is 11.5 Å². The Morgan fingerprint density at radius 1 is 1.11 bits per heavy atom. The highest BCUT2D eigenvalue weighted by molar-refractivity contribution is 5.89. The summed E-state index contributed by atoms with van der Waals surface area (Å²) in [5.74, 6) is 0.648. The molecule has 5 rings (SSSR count). The van der Waals surface area contributed by atoms with E-state index in [2.05, 4.69) is 4.90 Å². The Bertz CT molecular complexity index is 1590. The number of anilines is 1. The van der Waals surface area contributed by atoms with Gasteiger partial charge in [0, 0.05) is 42.4 Å². The molecule has 0 aliphatic carbocycles. The van der Waals surface area contributed by atoms with Crippen molar-refractivity contribution < 1.29 is 23.8 Å². The fourth-order valence-electron chi connectivity index (χ4n) is 5.05. The van der Waals surface area contributed by atoms with Crippen LogP contribution in [0.1, 0.15) is 32.0 Å². The Kier molecular flexibility index (Phi) is 6.21. The molecule has 1 N–H and O–H groups in total. The molecule has 8 nitrogen and oxygen atoms in total. The number of nitrogens with zero attached hydrogens (tertiary/aromatic N) is 2. The van der Waals surface area contributed by atoms with Gasteiger partial charge in [0.25, 0.3) is 5.56 Å². The van der Waals surface area contributed by atoms with Crippen molar-refractivity contribution in [1.82, 2.24) is 4.57 Å². The van der Waals surface area contributed by atoms with E-state index in [4.69, 9.17) is 13.9 Å². The topological polar surface area (TPSA) is 94.1 Å².